The van der Waals surface area contributed by atoms with Crippen molar-refractivity contribution in [2.45, 2.75) is 0 Å². The van der Waals surface area contributed by atoms with E-state index in [1.807, 2.05) is 30.3 Å². The number of rotatable bonds is 3. The highest BCUT2D eigenvalue weighted by atomic mass is 33.1. The molecular weight excluding hydrogens is 268 g/mol. The van der Waals surface area contributed by atoms with Gasteiger partial charge < -0.3 is 0 Å². The zero-order chi connectivity index (χ0) is 11.6. The maximum atomic E-state index is 10.5. The van der Waals surface area contributed by atoms with Gasteiger partial charge in [-0.1, -0.05) is 30.3 Å². The topological polar surface area (TPSA) is 63.6 Å². The number of benzene rings is 1. The van der Waals surface area contributed by atoms with Gasteiger partial charge in [0, 0.05) is 20.1 Å². The SMILES string of the molecule is O=S(=O)(O)OS1=CC=C(c2ccccc2)S1. The summed E-state index contributed by atoms with van der Waals surface area (Å²) in [5, 5.41) is 1.61. The Balaban J connectivity index is 2.07. The van der Waals surface area contributed by atoms with E-state index < -0.39 is 20.2 Å². The fraction of sp³-hybridized carbons (Fsp3) is 0. The molecule has 2 rings (SSSR count). The average molecular weight is 276 g/mol. The highest BCUT2D eigenvalue weighted by Crippen LogP contribution is 2.47. The fourth-order valence-electron chi connectivity index (χ4n) is 1.13. The molecule has 1 unspecified atom stereocenters. The van der Waals surface area contributed by atoms with Crippen molar-refractivity contribution in [1.82, 2.24) is 0 Å². The van der Waals surface area contributed by atoms with Crippen LogP contribution in [0.25, 0.3) is 4.91 Å². The van der Waals surface area contributed by atoms with Gasteiger partial charge in [-0.3, -0.25) is 4.55 Å². The molecule has 0 amide bonds. The molecule has 1 aliphatic rings. The molecule has 1 aliphatic heterocycles. The molecule has 1 aromatic carbocycles. The van der Waals surface area contributed by atoms with E-state index >= 15 is 0 Å². The summed E-state index contributed by atoms with van der Waals surface area (Å²) < 4.78 is 34.0. The molecule has 0 saturated heterocycles. The van der Waals surface area contributed by atoms with Crippen LogP contribution >= 0.6 is 20.6 Å². The molecule has 16 heavy (non-hydrogen) atoms. The Kier molecular flexibility index (Phi) is 3.50. The van der Waals surface area contributed by atoms with Gasteiger partial charge in [-0.15, -0.1) is 0 Å². The van der Waals surface area contributed by atoms with E-state index in [-0.39, 0.29) is 0 Å². The first-order valence-corrected chi connectivity index (χ1v) is 8.15. The normalized spacial score (nSPS) is 20.3. The molecule has 0 saturated carbocycles. The Morgan fingerprint density at radius 2 is 1.94 bits per heavy atom. The third kappa shape index (κ3) is 3.19. The van der Waals surface area contributed by atoms with Crippen molar-refractivity contribution in [3.63, 3.8) is 0 Å². The quantitative estimate of drug-likeness (QED) is 0.522. The first-order chi connectivity index (χ1) is 7.54. The zero-order valence-corrected chi connectivity index (χ0v) is 10.4. The van der Waals surface area contributed by atoms with E-state index in [2.05, 4.69) is 3.63 Å². The number of hydrogen-bond donors (Lipinski definition) is 1. The largest absolute Gasteiger partial charge is 0.408 e. The Morgan fingerprint density at radius 1 is 1.25 bits per heavy atom. The van der Waals surface area contributed by atoms with Gasteiger partial charge >= 0.3 is 10.4 Å². The molecule has 1 N–H and O–H groups in total. The number of hydrogen-bond acceptors (Lipinski definition) is 4. The third-order valence-corrected chi connectivity index (χ3v) is 5.88. The van der Waals surface area contributed by atoms with Crippen LogP contribution in [0, 0.1) is 0 Å². The van der Waals surface area contributed by atoms with Crippen LogP contribution in [0.4, 0.5) is 0 Å². The summed E-state index contributed by atoms with van der Waals surface area (Å²) in [6.07, 6.45) is 1.79. The molecule has 0 fully saturated rings. The van der Waals surface area contributed by atoms with Crippen LogP contribution in [0.5, 0.6) is 0 Å². The van der Waals surface area contributed by atoms with Crippen LogP contribution in [0.15, 0.2) is 36.4 Å². The van der Waals surface area contributed by atoms with Crippen molar-refractivity contribution in [2.75, 3.05) is 0 Å². The predicted octanol–water partition coefficient (Wildman–Crippen LogP) is 2.49. The Bertz CT molecular complexity index is 545. The van der Waals surface area contributed by atoms with Gasteiger partial charge in [-0.05, 0) is 22.4 Å². The van der Waals surface area contributed by atoms with Gasteiger partial charge in [0.2, 0.25) is 0 Å². The monoisotopic (exact) mass is 276 g/mol. The van der Waals surface area contributed by atoms with E-state index in [1.54, 1.807) is 11.4 Å². The third-order valence-electron chi connectivity index (χ3n) is 1.71. The van der Waals surface area contributed by atoms with Crippen molar-refractivity contribution in [3.8, 4) is 0 Å². The molecule has 0 aliphatic carbocycles. The highest BCUT2D eigenvalue weighted by molar-refractivity contribution is 8.86. The van der Waals surface area contributed by atoms with Crippen LogP contribution in [-0.4, -0.2) is 18.3 Å². The summed E-state index contributed by atoms with van der Waals surface area (Å²) in [7, 11) is -4.09. The Hall–Kier alpha value is -0.600. The molecule has 1 atom stereocenters. The second-order valence-corrected chi connectivity index (χ2v) is 7.16. The first kappa shape index (κ1) is 11.9. The van der Waals surface area contributed by atoms with Gasteiger partial charge in [0.25, 0.3) is 0 Å². The molecule has 0 aromatic heterocycles. The molecule has 1 aromatic rings. The van der Waals surface area contributed by atoms with Crippen LogP contribution in [0.1, 0.15) is 5.56 Å². The van der Waals surface area contributed by atoms with E-state index in [1.165, 1.54) is 10.8 Å². The second-order valence-electron chi connectivity index (χ2n) is 2.87. The smallest absolute Gasteiger partial charge is 0.263 e. The lowest BCUT2D eigenvalue weighted by Gasteiger charge is -2.03. The minimum atomic E-state index is -4.39. The summed E-state index contributed by atoms with van der Waals surface area (Å²) in [6.45, 7) is 0. The van der Waals surface area contributed by atoms with Gasteiger partial charge in [0.1, 0.15) is 0 Å². The highest BCUT2D eigenvalue weighted by Gasteiger charge is 2.16. The Labute approximate surface area is 99.8 Å². The van der Waals surface area contributed by atoms with Crippen molar-refractivity contribution >= 4 is 41.3 Å². The maximum absolute atomic E-state index is 10.5. The standard InChI is InChI=1S/C9H8O4S3/c10-16(11,12)13-15-7-6-9(14-15)8-4-2-1-3-5-8/h1-7H,(H,10,11,12). The first-order valence-electron chi connectivity index (χ1n) is 4.24. The summed E-state index contributed by atoms with van der Waals surface area (Å²) in [5.41, 5.74) is 0.998. The van der Waals surface area contributed by atoms with E-state index in [4.69, 9.17) is 4.55 Å². The summed E-state index contributed by atoms with van der Waals surface area (Å²) in [4.78, 5) is 0.924. The van der Waals surface area contributed by atoms with Crippen molar-refractivity contribution in [1.29, 1.82) is 0 Å². The lowest BCUT2D eigenvalue weighted by molar-refractivity contribution is 0.409. The molecular formula is C9H8O4S3. The van der Waals surface area contributed by atoms with E-state index in [0.717, 1.165) is 10.5 Å². The molecule has 86 valence electrons. The van der Waals surface area contributed by atoms with Gasteiger partial charge in [0.15, 0.2) is 0 Å². The Morgan fingerprint density at radius 3 is 2.56 bits per heavy atom. The fourth-order valence-corrected chi connectivity index (χ4v) is 5.22. The minimum Gasteiger partial charge on any atom is -0.263 e. The molecule has 1 heterocycles. The van der Waals surface area contributed by atoms with Gasteiger partial charge in [-0.25, -0.2) is 0 Å². The average Bonchev–Trinajstić information content (AvgIpc) is 2.65. The maximum Gasteiger partial charge on any atom is 0.408 e. The van der Waals surface area contributed by atoms with Crippen molar-refractivity contribution < 1.29 is 16.6 Å². The van der Waals surface area contributed by atoms with Crippen LogP contribution in [0.3, 0.4) is 0 Å². The predicted molar refractivity (Wildman–Crippen MR) is 68.3 cm³/mol. The summed E-state index contributed by atoms with van der Waals surface area (Å²) in [6, 6.07) is 9.55. The van der Waals surface area contributed by atoms with Gasteiger partial charge in [0.05, 0.1) is 0 Å². The van der Waals surface area contributed by atoms with Crippen LogP contribution in [0.2, 0.25) is 0 Å². The van der Waals surface area contributed by atoms with E-state index in [9.17, 15) is 8.42 Å². The van der Waals surface area contributed by atoms with Gasteiger partial charge in [-0.2, -0.15) is 12.0 Å². The zero-order valence-electron chi connectivity index (χ0n) is 7.94. The summed E-state index contributed by atoms with van der Waals surface area (Å²) >= 11 is 0. The second kappa shape index (κ2) is 4.72. The van der Waals surface area contributed by atoms with Crippen LogP contribution in [-0.2, 0) is 14.0 Å². The summed E-state index contributed by atoms with van der Waals surface area (Å²) in [5.74, 6) is 0. The van der Waals surface area contributed by atoms with Crippen molar-refractivity contribution in [3.05, 3.63) is 42.0 Å². The lowest BCUT2D eigenvalue weighted by Crippen LogP contribution is -1.96. The number of allylic oxidation sites excluding steroid dienone is 1. The van der Waals surface area contributed by atoms with E-state index in [0.29, 0.717) is 0 Å². The lowest BCUT2D eigenvalue weighted by atomic mass is 10.2. The van der Waals surface area contributed by atoms with Crippen LogP contribution < -0.4 is 0 Å². The molecule has 0 bridgehead atoms. The molecule has 0 spiro atoms. The van der Waals surface area contributed by atoms with Crippen molar-refractivity contribution in [2.24, 2.45) is 0 Å². The molecule has 7 heteroatoms. The minimum absolute atomic E-state index is 0.924. The molecule has 0 radical (unpaired) electrons. The molecule has 4 nitrogen and oxygen atoms in total.